The second-order valence-electron chi connectivity index (χ2n) is 6.95. The highest BCUT2D eigenvalue weighted by Crippen LogP contribution is 2.34. The standard InChI is InChI=1S/C21H24N4O5S3/c1-14(2)31-21-24-23-20(32-21)22-19(26)13-25(33(27,28)16-8-6-5-7-9-16)15-10-11-17(29-3)18(12-15)30-4/h5-12,14H,13H2,1-4H3,(H,22,23,26). The minimum Gasteiger partial charge on any atom is -0.493 e. The SMILES string of the molecule is COc1ccc(N(CC(=O)Nc2nnc(SC(C)C)s2)S(=O)(=O)c2ccccc2)cc1OC. The highest BCUT2D eigenvalue weighted by Gasteiger charge is 2.28. The van der Waals surface area contributed by atoms with Crippen LogP contribution in [0.2, 0.25) is 0 Å². The molecule has 0 spiro atoms. The van der Waals surface area contributed by atoms with Crippen LogP contribution < -0.4 is 19.1 Å². The van der Waals surface area contributed by atoms with E-state index in [9.17, 15) is 13.2 Å². The zero-order valence-electron chi connectivity index (χ0n) is 18.5. The molecule has 2 aromatic carbocycles. The minimum absolute atomic E-state index is 0.0547. The van der Waals surface area contributed by atoms with E-state index >= 15 is 0 Å². The highest BCUT2D eigenvalue weighted by atomic mass is 32.2. The van der Waals surface area contributed by atoms with Gasteiger partial charge in [-0.1, -0.05) is 55.1 Å². The molecule has 9 nitrogen and oxygen atoms in total. The lowest BCUT2D eigenvalue weighted by molar-refractivity contribution is -0.114. The van der Waals surface area contributed by atoms with E-state index in [0.717, 1.165) is 4.31 Å². The number of nitrogens with zero attached hydrogens (tertiary/aromatic N) is 3. The van der Waals surface area contributed by atoms with E-state index in [2.05, 4.69) is 15.5 Å². The Morgan fingerprint density at radius 1 is 1.09 bits per heavy atom. The molecule has 0 bridgehead atoms. The van der Waals surface area contributed by atoms with Gasteiger partial charge in [-0.25, -0.2) is 8.42 Å². The van der Waals surface area contributed by atoms with Gasteiger partial charge in [0.25, 0.3) is 10.0 Å². The molecule has 1 N–H and O–H groups in total. The molecule has 3 aromatic rings. The van der Waals surface area contributed by atoms with Gasteiger partial charge in [0.05, 0.1) is 24.8 Å². The maximum absolute atomic E-state index is 13.4. The van der Waals surface area contributed by atoms with Crippen molar-refractivity contribution in [2.75, 3.05) is 30.4 Å². The van der Waals surface area contributed by atoms with Crippen LogP contribution in [0.25, 0.3) is 0 Å². The summed E-state index contributed by atoms with van der Waals surface area (Å²) in [5.41, 5.74) is 0.250. The number of rotatable bonds is 10. The lowest BCUT2D eigenvalue weighted by Gasteiger charge is -2.24. The van der Waals surface area contributed by atoms with Crippen LogP contribution in [-0.4, -0.2) is 50.5 Å². The first-order valence-corrected chi connectivity index (χ1v) is 13.0. The van der Waals surface area contributed by atoms with E-state index in [-0.39, 0.29) is 10.6 Å². The Bertz CT molecular complexity index is 1200. The summed E-state index contributed by atoms with van der Waals surface area (Å²) in [5, 5.41) is 11.3. The monoisotopic (exact) mass is 508 g/mol. The maximum atomic E-state index is 13.4. The van der Waals surface area contributed by atoms with Crippen molar-refractivity contribution in [1.82, 2.24) is 10.2 Å². The summed E-state index contributed by atoms with van der Waals surface area (Å²) in [6.45, 7) is 3.58. The first-order chi connectivity index (χ1) is 15.7. The number of sulfonamides is 1. The second-order valence-corrected chi connectivity index (χ2v) is 11.6. The molecular formula is C21H24N4O5S3. The smallest absolute Gasteiger partial charge is 0.264 e. The van der Waals surface area contributed by atoms with Crippen molar-refractivity contribution in [3.8, 4) is 11.5 Å². The molecule has 0 aliphatic carbocycles. The molecule has 0 aliphatic rings. The Morgan fingerprint density at radius 3 is 2.42 bits per heavy atom. The fourth-order valence-corrected chi connectivity index (χ4v) is 6.24. The number of hydrogen-bond donors (Lipinski definition) is 1. The number of methoxy groups -OCH3 is 2. The maximum Gasteiger partial charge on any atom is 0.264 e. The summed E-state index contributed by atoms with van der Waals surface area (Å²) in [5.74, 6) is 0.219. The normalized spacial score (nSPS) is 11.3. The van der Waals surface area contributed by atoms with Gasteiger partial charge in [-0.3, -0.25) is 14.4 Å². The molecule has 0 aliphatic heterocycles. The molecule has 0 fully saturated rings. The van der Waals surface area contributed by atoms with Gasteiger partial charge in [0.15, 0.2) is 15.8 Å². The third-order valence-corrected chi connectivity index (χ3v) is 7.98. The third-order valence-electron chi connectivity index (χ3n) is 4.26. The molecule has 1 aromatic heterocycles. The van der Waals surface area contributed by atoms with Crippen LogP contribution in [0.3, 0.4) is 0 Å². The third kappa shape index (κ3) is 6.15. The van der Waals surface area contributed by atoms with E-state index < -0.39 is 22.5 Å². The van der Waals surface area contributed by atoms with Crippen molar-refractivity contribution >= 4 is 49.8 Å². The molecule has 0 atom stereocenters. The Hall–Kier alpha value is -2.83. The van der Waals surface area contributed by atoms with Crippen LogP contribution >= 0.6 is 23.1 Å². The number of benzene rings is 2. The zero-order valence-corrected chi connectivity index (χ0v) is 21.0. The average Bonchev–Trinajstić information content (AvgIpc) is 3.23. The average molecular weight is 509 g/mol. The van der Waals surface area contributed by atoms with E-state index in [1.165, 1.54) is 55.5 Å². The first kappa shape index (κ1) is 24.8. The van der Waals surface area contributed by atoms with E-state index in [1.54, 1.807) is 30.3 Å². The lowest BCUT2D eigenvalue weighted by Crippen LogP contribution is -2.38. The summed E-state index contributed by atoms with van der Waals surface area (Å²) in [6.07, 6.45) is 0. The molecule has 33 heavy (non-hydrogen) atoms. The highest BCUT2D eigenvalue weighted by molar-refractivity contribution is 8.01. The molecule has 12 heteroatoms. The Morgan fingerprint density at radius 2 is 1.79 bits per heavy atom. The topological polar surface area (TPSA) is 111 Å². The molecule has 1 heterocycles. The first-order valence-electron chi connectivity index (χ1n) is 9.84. The summed E-state index contributed by atoms with van der Waals surface area (Å²) in [7, 11) is -1.12. The largest absolute Gasteiger partial charge is 0.493 e. The van der Waals surface area contributed by atoms with E-state index in [1.807, 2.05) is 13.8 Å². The van der Waals surface area contributed by atoms with Gasteiger partial charge in [0.2, 0.25) is 11.0 Å². The fourth-order valence-electron chi connectivity index (χ4n) is 2.81. The van der Waals surface area contributed by atoms with Crippen molar-refractivity contribution in [2.45, 2.75) is 28.3 Å². The van der Waals surface area contributed by atoms with Gasteiger partial charge in [-0.15, -0.1) is 10.2 Å². The molecule has 1 amide bonds. The lowest BCUT2D eigenvalue weighted by atomic mass is 10.2. The zero-order chi connectivity index (χ0) is 24.0. The van der Waals surface area contributed by atoms with Crippen molar-refractivity contribution in [3.05, 3.63) is 48.5 Å². The van der Waals surface area contributed by atoms with Crippen LogP contribution in [0.1, 0.15) is 13.8 Å². The number of carbonyl (C=O) groups excluding carboxylic acids is 1. The van der Waals surface area contributed by atoms with Crippen LogP contribution in [0.5, 0.6) is 11.5 Å². The van der Waals surface area contributed by atoms with Gasteiger partial charge >= 0.3 is 0 Å². The molecule has 3 rings (SSSR count). The number of hydrogen-bond acceptors (Lipinski definition) is 9. The second kappa shape index (κ2) is 10.9. The number of ether oxygens (including phenoxy) is 2. The Balaban J connectivity index is 1.92. The molecular weight excluding hydrogens is 484 g/mol. The number of nitrogens with one attached hydrogen (secondary N) is 1. The van der Waals surface area contributed by atoms with Crippen molar-refractivity contribution in [2.24, 2.45) is 0 Å². The molecule has 0 saturated carbocycles. The van der Waals surface area contributed by atoms with Crippen LogP contribution in [-0.2, 0) is 14.8 Å². The Labute approximate surface area is 201 Å². The van der Waals surface area contributed by atoms with Crippen molar-refractivity contribution < 1.29 is 22.7 Å². The van der Waals surface area contributed by atoms with Crippen LogP contribution in [0.15, 0.2) is 57.8 Å². The summed E-state index contributed by atoms with van der Waals surface area (Å²) < 4.78 is 39.2. The van der Waals surface area contributed by atoms with Gasteiger partial charge in [0.1, 0.15) is 6.54 Å². The fraction of sp³-hybridized carbons (Fsp3) is 0.286. The number of carbonyl (C=O) groups is 1. The minimum atomic E-state index is -4.06. The molecule has 0 radical (unpaired) electrons. The van der Waals surface area contributed by atoms with Gasteiger partial charge in [-0.05, 0) is 24.3 Å². The number of amides is 1. The van der Waals surface area contributed by atoms with Crippen LogP contribution in [0.4, 0.5) is 10.8 Å². The molecule has 0 unspecified atom stereocenters. The van der Waals surface area contributed by atoms with Crippen molar-refractivity contribution in [1.29, 1.82) is 0 Å². The number of thioether (sulfide) groups is 1. The number of anilines is 2. The van der Waals surface area contributed by atoms with Crippen LogP contribution in [0, 0.1) is 0 Å². The predicted molar refractivity (Wildman–Crippen MR) is 130 cm³/mol. The van der Waals surface area contributed by atoms with E-state index in [0.29, 0.717) is 26.2 Å². The summed E-state index contributed by atoms with van der Waals surface area (Å²) in [4.78, 5) is 12.9. The summed E-state index contributed by atoms with van der Waals surface area (Å²) in [6, 6.07) is 12.5. The summed E-state index contributed by atoms with van der Waals surface area (Å²) >= 11 is 2.76. The quantitative estimate of drug-likeness (QED) is 0.324. The predicted octanol–water partition coefficient (Wildman–Crippen LogP) is 3.89. The van der Waals surface area contributed by atoms with Gasteiger partial charge < -0.3 is 9.47 Å². The molecule has 0 saturated heterocycles. The Kier molecular flexibility index (Phi) is 8.16. The molecule has 176 valence electrons. The van der Waals surface area contributed by atoms with Crippen molar-refractivity contribution in [3.63, 3.8) is 0 Å². The van der Waals surface area contributed by atoms with Gasteiger partial charge in [-0.2, -0.15) is 0 Å². The van der Waals surface area contributed by atoms with E-state index in [4.69, 9.17) is 9.47 Å². The van der Waals surface area contributed by atoms with Gasteiger partial charge in [0, 0.05) is 11.3 Å². The number of aromatic nitrogens is 2.